The minimum atomic E-state index is -0.0998. The zero-order chi connectivity index (χ0) is 19.7. The molecule has 0 aliphatic rings. The summed E-state index contributed by atoms with van der Waals surface area (Å²) >= 11 is 0. The van der Waals surface area contributed by atoms with Crippen LogP contribution >= 0.6 is 0 Å². The van der Waals surface area contributed by atoms with Gasteiger partial charge in [0.05, 0.1) is 6.20 Å². The second kappa shape index (κ2) is 7.15. The van der Waals surface area contributed by atoms with Gasteiger partial charge in [0.2, 0.25) is 5.91 Å². The summed E-state index contributed by atoms with van der Waals surface area (Å²) in [4.78, 5) is 18.0. The smallest absolute Gasteiger partial charge is 0.221 e. The van der Waals surface area contributed by atoms with Gasteiger partial charge < -0.3 is 10.2 Å². The number of hydrogen-bond donors (Lipinski definition) is 1. The molecule has 0 saturated carbocycles. The number of hydrogen-bond acceptors (Lipinski definition) is 4. The highest BCUT2D eigenvalue weighted by molar-refractivity contribution is 5.90. The molecule has 4 rings (SSSR count). The molecule has 0 saturated heterocycles. The van der Waals surface area contributed by atoms with Gasteiger partial charge in [0.15, 0.2) is 5.65 Å². The molecule has 0 radical (unpaired) electrons. The third-order valence-electron chi connectivity index (χ3n) is 4.61. The molecular formula is C22H21N5O. The third-order valence-corrected chi connectivity index (χ3v) is 4.61. The number of aromatic nitrogens is 3. The Labute approximate surface area is 163 Å². The average molecular weight is 371 g/mol. The van der Waals surface area contributed by atoms with E-state index in [0.717, 1.165) is 34.0 Å². The SMILES string of the molecule is CC(=O)Nc1cccc(-c2cnn3c(N(C)c4cccc(C)c4)ccnc23)c1. The van der Waals surface area contributed by atoms with Crippen molar-refractivity contribution in [3.63, 3.8) is 0 Å². The first-order valence-electron chi connectivity index (χ1n) is 9.04. The number of rotatable bonds is 4. The van der Waals surface area contributed by atoms with Crippen LogP contribution in [0, 0.1) is 6.92 Å². The lowest BCUT2D eigenvalue weighted by Gasteiger charge is -2.20. The first kappa shape index (κ1) is 17.7. The number of carbonyl (C=O) groups excluding carboxylic acids is 1. The predicted octanol–water partition coefficient (Wildman–Crippen LogP) is 4.43. The minimum Gasteiger partial charge on any atom is -0.329 e. The molecule has 0 spiro atoms. The van der Waals surface area contributed by atoms with E-state index >= 15 is 0 Å². The van der Waals surface area contributed by atoms with E-state index in [9.17, 15) is 4.79 Å². The Morgan fingerprint density at radius 2 is 1.93 bits per heavy atom. The van der Waals surface area contributed by atoms with E-state index in [-0.39, 0.29) is 5.91 Å². The van der Waals surface area contributed by atoms with Crippen molar-refractivity contribution in [1.29, 1.82) is 0 Å². The molecule has 0 aliphatic carbocycles. The fourth-order valence-corrected chi connectivity index (χ4v) is 3.27. The molecule has 6 heteroatoms. The molecule has 4 aromatic rings. The monoisotopic (exact) mass is 371 g/mol. The summed E-state index contributed by atoms with van der Waals surface area (Å²) < 4.78 is 1.84. The van der Waals surface area contributed by atoms with Crippen LogP contribution in [0.25, 0.3) is 16.8 Å². The van der Waals surface area contributed by atoms with Crippen LogP contribution in [0.3, 0.4) is 0 Å². The fraction of sp³-hybridized carbons (Fsp3) is 0.136. The van der Waals surface area contributed by atoms with Crippen molar-refractivity contribution in [1.82, 2.24) is 14.6 Å². The summed E-state index contributed by atoms with van der Waals surface area (Å²) in [5.41, 5.74) is 5.65. The van der Waals surface area contributed by atoms with Gasteiger partial charge in [0, 0.05) is 37.1 Å². The number of nitrogens with one attached hydrogen (secondary N) is 1. The Kier molecular flexibility index (Phi) is 4.53. The summed E-state index contributed by atoms with van der Waals surface area (Å²) in [6.07, 6.45) is 3.60. The molecule has 2 heterocycles. The number of benzene rings is 2. The quantitative estimate of drug-likeness (QED) is 0.576. The van der Waals surface area contributed by atoms with Gasteiger partial charge in [0.25, 0.3) is 0 Å². The molecule has 0 fully saturated rings. The van der Waals surface area contributed by atoms with E-state index in [1.54, 1.807) is 6.20 Å². The number of fused-ring (bicyclic) bond motifs is 1. The first-order valence-corrected chi connectivity index (χ1v) is 9.04. The number of anilines is 3. The highest BCUT2D eigenvalue weighted by atomic mass is 16.1. The van der Waals surface area contributed by atoms with Crippen molar-refractivity contribution in [3.8, 4) is 11.1 Å². The summed E-state index contributed by atoms with van der Waals surface area (Å²) in [6, 6.07) is 18.0. The fourth-order valence-electron chi connectivity index (χ4n) is 3.27. The Morgan fingerprint density at radius 3 is 2.71 bits per heavy atom. The van der Waals surface area contributed by atoms with Crippen LogP contribution in [0.5, 0.6) is 0 Å². The maximum atomic E-state index is 11.4. The van der Waals surface area contributed by atoms with Gasteiger partial charge in [-0.15, -0.1) is 0 Å². The van der Waals surface area contributed by atoms with Gasteiger partial charge in [0.1, 0.15) is 5.82 Å². The van der Waals surface area contributed by atoms with E-state index in [0.29, 0.717) is 0 Å². The molecule has 1 N–H and O–H groups in total. The molecule has 140 valence electrons. The van der Waals surface area contributed by atoms with Gasteiger partial charge in [-0.2, -0.15) is 9.61 Å². The zero-order valence-electron chi connectivity index (χ0n) is 16.0. The maximum absolute atomic E-state index is 11.4. The molecule has 6 nitrogen and oxygen atoms in total. The van der Waals surface area contributed by atoms with Crippen molar-refractivity contribution in [2.45, 2.75) is 13.8 Å². The number of nitrogens with zero attached hydrogens (tertiary/aromatic N) is 4. The van der Waals surface area contributed by atoms with Gasteiger partial charge in [-0.3, -0.25) is 4.79 Å². The molecule has 1 amide bonds. The summed E-state index contributed by atoms with van der Waals surface area (Å²) in [5.74, 6) is 0.817. The Morgan fingerprint density at radius 1 is 1.11 bits per heavy atom. The van der Waals surface area contributed by atoms with Crippen LogP contribution in [-0.2, 0) is 4.79 Å². The van der Waals surface area contributed by atoms with E-state index in [1.165, 1.54) is 12.5 Å². The number of aryl methyl sites for hydroxylation is 1. The largest absolute Gasteiger partial charge is 0.329 e. The molecule has 0 aliphatic heterocycles. The topological polar surface area (TPSA) is 62.5 Å². The van der Waals surface area contributed by atoms with Crippen molar-refractivity contribution in [2.75, 3.05) is 17.3 Å². The number of carbonyl (C=O) groups is 1. The van der Waals surface area contributed by atoms with E-state index in [1.807, 2.05) is 54.2 Å². The summed E-state index contributed by atoms with van der Waals surface area (Å²) in [6.45, 7) is 3.57. The lowest BCUT2D eigenvalue weighted by Crippen LogP contribution is -2.14. The van der Waals surface area contributed by atoms with Crippen molar-refractivity contribution < 1.29 is 4.79 Å². The van der Waals surface area contributed by atoms with Gasteiger partial charge >= 0.3 is 0 Å². The Bertz CT molecular complexity index is 1160. The van der Waals surface area contributed by atoms with E-state index in [2.05, 4.69) is 45.4 Å². The van der Waals surface area contributed by atoms with Crippen LogP contribution in [-0.4, -0.2) is 27.6 Å². The maximum Gasteiger partial charge on any atom is 0.221 e. The summed E-state index contributed by atoms with van der Waals surface area (Å²) in [5, 5.41) is 7.40. The number of amides is 1. The first-order chi connectivity index (χ1) is 13.5. The highest BCUT2D eigenvalue weighted by Crippen LogP contribution is 2.30. The van der Waals surface area contributed by atoms with Crippen molar-refractivity contribution >= 4 is 28.7 Å². The highest BCUT2D eigenvalue weighted by Gasteiger charge is 2.14. The molecule has 2 aromatic heterocycles. The van der Waals surface area contributed by atoms with Crippen LogP contribution in [0.4, 0.5) is 17.2 Å². The zero-order valence-corrected chi connectivity index (χ0v) is 16.0. The standard InChI is InChI=1S/C22H21N5O/c1-15-6-4-9-19(12-15)26(3)21-10-11-23-22-20(14-24-27(21)22)17-7-5-8-18(13-17)25-16(2)28/h4-14H,1-3H3,(H,25,28). The molecule has 2 aromatic carbocycles. The van der Waals surface area contributed by atoms with E-state index in [4.69, 9.17) is 0 Å². The van der Waals surface area contributed by atoms with Crippen molar-refractivity contribution in [3.05, 3.63) is 72.6 Å². The lowest BCUT2D eigenvalue weighted by molar-refractivity contribution is -0.114. The normalized spacial score (nSPS) is 10.8. The molecule has 28 heavy (non-hydrogen) atoms. The van der Waals surface area contributed by atoms with Crippen LogP contribution in [0.2, 0.25) is 0 Å². The van der Waals surface area contributed by atoms with Crippen molar-refractivity contribution in [2.24, 2.45) is 0 Å². The van der Waals surface area contributed by atoms with Gasteiger partial charge in [-0.05, 0) is 48.4 Å². The van der Waals surface area contributed by atoms with Gasteiger partial charge in [-0.25, -0.2) is 4.98 Å². The van der Waals surface area contributed by atoms with Crippen LogP contribution in [0.1, 0.15) is 12.5 Å². The third kappa shape index (κ3) is 3.32. The Hall–Kier alpha value is -3.67. The second-order valence-corrected chi connectivity index (χ2v) is 6.76. The minimum absolute atomic E-state index is 0.0998. The molecule has 0 bridgehead atoms. The second-order valence-electron chi connectivity index (χ2n) is 6.76. The summed E-state index contributed by atoms with van der Waals surface area (Å²) in [7, 11) is 2.02. The van der Waals surface area contributed by atoms with Crippen LogP contribution in [0.15, 0.2) is 67.0 Å². The predicted molar refractivity (Wildman–Crippen MR) is 112 cm³/mol. The van der Waals surface area contributed by atoms with Gasteiger partial charge in [-0.1, -0.05) is 24.3 Å². The molecule has 0 atom stereocenters. The molecule has 0 unspecified atom stereocenters. The van der Waals surface area contributed by atoms with Crippen LogP contribution < -0.4 is 10.2 Å². The lowest BCUT2D eigenvalue weighted by atomic mass is 10.1. The average Bonchev–Trinajstić information content (AvgIpc) is 3.11. The van der Waals surface area contributed by atoms with E-state index < -0.39 is 0 Å². The molecular weight excluding hydrogens is 350 g/mol. The Balaban J connectivity index is 1.78.